The second-order valence-electron chi connectivity index (χ2n) is 4.96. The van der Waals surface area contributed by atoms with Crippen molar-refractivity contribution in [1.29, 1.82) is 0 Å². The van der Waals surface area contributed by atoms with Crippen LogP contribution in [0.25, 0.3) is 5.69 Å². The Balaban J connectivity index is 1.85. The molecule has 0 unspecified atom stereocenters. The number of halogens is 1. The van der Waals surface area contributed by atoms with E-state index in [-0.39, 0.29) is 36.4 Å². The van der Waals surface area contributed by atoms with Gasteiger partial charge in [-0.05, 0) is 31.0 Å². The summed E-state index contributed by atoms with van der Waals surface area (Å²) in [6.07, 6.45) is 4.58. The van der Waals surface area contributed by atoms with Gasteiger partial charge in [0, 0.05) is 18.2 Å². The molecule has 3 rings (SSSR count). The van der Waals surface area contributed by atoms with Crippen molar-refractivity contribution in [2.24, 2.45) is 0 Å². The quantitative estimate of drug-likeness (QED) is 0.892. The highest BCUT2D eigenvalue weighted by molar-refractivity contribution is 5.94. The maximum Gasteiger partial charge on any atom is 0.254 e. The largest absolute Gasteiger partial charge is 0.395 e. The lowest BCUT2D eigenvalue weighted by molar-refractivity contribution is 0.0707. The average molecular weight is 290 g/mol. The average Bonchev–Trinajstić information content (AvgIpc) is 3.18. The first-order valence-corrected chi connectivity index (χ1v) is 6.77. The smallest absolute Gasteiger partial charge is 0.254 e. The second-order valence-corrected chi connectivity index (χ2v) is 4.96. The van der Waals surface area contributed by atoms with Gasteiger partial charge >= 0.3 is 0 Å². The number of amides is 1. The van der Waals surface area contributed by atoms with Gasteiger partial charge in [0.1, 0.15) is 24.2 Å². The maximum absolute atomic E-state index is 14.1. The predicted octanol–water partition coefficient (Wildman–Crippen LogP) is 1.00. The summed E-state index contributed by atoms with van der Waals surface area (Å²) in [5.41, 5.74) is 0.515. The third kappa shape index (κ3) is 2.78. The minimum Gasteiger partial charge on any atom is -0.395 e. The molecule has 1 aromatic heterocycles. The van der Waals surface area contributed by atoms with E-state index in [0.29, 0.717) is 0 Å². The highest BCUT2D eigenvalue weighted by atomic mass is 19.1. The number of aliphatic hydroxyl groups excluding tert-OH is 1. The van der Waals surface area contributed by atoms with E-state index in [1.807, 2.05) is 0 Å². The molecule has 0 atom stereocenters. The maximum atomic E-state index is 14.1. The van der Waals surface area contributed by atoms with Crippen LogP contribution in [0.2, 0.25) is 0 Å². The second kappa shape index (κ2) is 5.61. The third-order valence-electron chi connectivity index (χ3n) is 3.45. The lowest BCUT2D eigenvalue weighted by Crippen LogP contribution is -2.35. The summed E-state index contributed by atoms with van der Waals surface area (Å²) in [6.45, 7) is 0.178. The van der Waals surface area contributed by atoms with Crippen LogP contribution < -0.4 is 0 Å². The van der Waals surface area contributed by atoms with E-state index >= 15 is 0 Å². The summed E-state index contributed by atoms with van der Waals surface area (Å²) < 4.78 is 15.4. The van der Waals surface area contributed by atoms with Crippen LogP contribution in [0.4, 0.5) is 4.39 Å². The van der Waals surface area contributed by atoms with Gasteiger partial charge in [-0.3, -0.25) is 4.79 Å². The molecular formula is C14H15FN4O2. The van der Waals surface area contributed by atoms with Gasteiger partial charge in [0.15, 0.2) is 0 Å². The molecule has 1 aliphatic rings. The van der Waals surface area contributed by atoms with Crippen molar-refractivity contribution in [3.8, 4) is 5.69 Å². The van der Waals surface area contributed by atoms with Crippen molar-refractivity contribution < 1.29 is 14.3 Å². The zero-order chi connectivity index (χ0) is 14.8. The Morgan fingerprint density at radius 2 is 2.29 bits per heavy atom. The van der Waals surface area contributed by atoms with E-state index in [0.717, 1.165) is 12.8 Å². The number of hydrogen-bond donors (Lipinski definition) is 1. The van der Waals surface area contributed by atoms with Gasteiger partial charge in [-0.15, -0.1) is 0 Å². The molecule has 1 heterocycles. The molecule has 0 aliphatic heterocycles. The number of carbonyl (C=O) groups is 1. The molecule has 0 saturated heterocycles. The first-order valence-electron chi connectivity index (χ1n) is 6.77. The van der Waals surface area contributed by atoms with Crippen molar-refractivity contribution in [2.75, 3.05) is 13.2 Å². The van der Waals surface area contributed by atoms with E-state index in [9.17, 15) is 9.18 Å². The summed E-state index contributed by atoms with van der Waals surface area (Å²) in [5.74, 6) is -0.790. The topological polar surface area (TPSA) is 71.2 Å². The van der Waals surface area contributed by atoms with Crippen LogP contribution in [0.1, 0.15) is 23.2 Å². The molecule has 1 aliphatic carbocycles. The molecule has 1 fully saturated rings. The summed E-state index contributed by atoms with van der Waals surface area (Å²) in [5, 5.41) is 12.9. The molecule has 0 spiro atoms. The molecule has 0 radical (unpaired) electrons. The van der Waals surface area contributed by atoms with E-state index in [2.05, 4.69) is 10.1 Å². The molecular weight excluding hydrogens is 275 g/mol. The monoisotopic (exact) mass is 290 g/mol. The summed E-state index contributed by atoms with van der Waals surface area (Å²) in [4.78, 5) is 17.7. The summed E-state index contributed by atoms with van der Waals surface area (Å²) >= 11 is 0. The van der Waals surface area contributed by atoms with Crippen molar-refractivity contribution in [3.05, 3.63) is 42.2 Å². The molecule has 6 nitrogen and oxygen atoms in total. The number of hydrogen-bond acceptors (Lipinski definition) is 4. The molecule has 1 saturated carbocycles. The lowest BCUT2D eigenvalue weighted by Gasteiger charge is -2.21. The Labute approximate surface area is 120 Å². The number of carbonyl (C=O) groups excluding carboxylic acids is 1. The van der Waals surface area contributed by atoms with Gasteiger partial charge in [0.25, 0.3) is 5.91 Å². The van der Waals surface area contributed by atoms with Crippen LogP contribution in [-0.2, 0) is 0 Å². The van der Waals surface area contributed by atoms with Gasteiger partial charge in [-0.25, -0.2) is 14.1 Å². The molecule has 1 N–H and O–H groups in total. The Kier molecular flexibility index (Phi) is 3.66. The summed E-state index contributed by atoms with van der Waals surface area (Å²) in [7, 11) is 0. The Hall–Kier alpha value is -2.28. The fourth-order valence-corrected chi connectivity index (χ4v) is 2.27. The Bertz CT molecular complexity index is 640. The molecule has 0 bridgehead atoms. The minimum atomic E-state index is -0.536. The van der Waals surface area contributed by atoms with Crippen LogP contribution in [-0.4, -0.2) is 49.9 Å². The molecule has 1 amide bonds. The number of aromatic nitrogens is 3. The fraction of sp³-hybridized carbons (Fsp3) is 0.357. The van der Waals surface area contributed by atoms with E-state index in [4.69, 9.17) is 5.11 Å². The van der Waals surface area contributed by atoms with E-state index in [1.165, 1.54) is 29.5 Å². The number of rotatable bonds is 5. The van der Waals surface area contributed by atoms with Crippen LogP contribution in [0, 0.1) is 5.82 Å². The number of aliphatic hydroxyl groups is 1. The lowest BCUT2D eigenvalue weighted by atomic mass is 10.1. The van der Waals surface area contributed by atoms with Crippen molar-refractivity contribution in [3.63, 3.8) is 0 Å². The van der Waals surface area contributed by atoms with Crippen LogP contribution in [0.5, 0.6) is 0 Å². The van der Waals surface area contributed by atoms with Crippen molar-refractivity contribution in [2.45, 2.75) is 18.9 Å². The normalized spacial score (nSPS) is 14.2. The van der Waals surface area contributed by atoms with Gasteiger partial charge in [0.2, 0.25) is 0 Å². The molecule has 1 aromatic carbocycles. The zero-order valence-corrected chi connectivity index (χ0v) is 11.3. The Morgan fingerprint density at radius 1 is 1.48 bits per heavy atom. The molecule has 110 valence electrons. The standard InChI is InChI=1S/C14H15FN4O2/c15-12-7-10(1-4-13(12)19-9-16-8-17-19)14(21)18(5-6-20)11-2-3-11/h1,4,7-9,11,20H,2-3,5-6H2. The first-order chi connectivity index (χ1) is 10.2. The van der Waals surface area contributed by atoms with E-state index in [1.54, 1.807) is 11.0 Å². The highest BCUT2D eigenvalue weighted by Crippen LogP contribution is 2.28. The third-order valence-corrected chi connectivity index (χ3v) is 3.45. The van der Waals surface area contributed by atoms with Crippen molar-refractivity contribution >= 4 is 5.91 Å². The van der Waals surface area contributed by atoms with Crippen LogP contribution in [0.15, 0.2) is 30.9 Å². The SMILES string of the molecule is O=C(c1ccc(-n2cncn2)c(F)c1)N(CCO)C1CC1. The fourth-order valence-electron chi connectivity index (χ4n) is 2.27. The van der Waals surface area contributed by atoms with Gasteiger partial charge in [0.05, 0.1) is 6.61 Å². The molecule has 21 heavy (non-hydrogen) atoms. The minimum absolute atomic E-state index is 0.0955. The van der Waals surface area contributed by atoms with Crippen LogP contribution in [0.3, 0.4) is 0 Å². The number of benzene rings is 1. The van der Waals surface area contributed by atoms with Crippen molar-refractivity contribution in [1.82, 2.24) is 19.7 Å². The van der Waals surface area contributed by atoms with Gasteiger partial charge in [-0.1, -0.05) is 0 Å². The Morgan fingerprint density at radius 3 is 2.86 bits per heavy atom. The van der Waals surface area contributed by atoms with E-state index < -0.39 is 5.82 Å². The van der Waals surface area contributed by atoms with Gasteiger partial charge < -0.3 is 10.0 Å². The predicted molar refractivity (Wildman–Crippen MR) is 72.5 cm³/mol. The number of nitrogens with zero attached hydrogens (tertiary/aromatic N) is 4. The highest BCUT2D eigenvalue weighted by Gasteiger charge is 2.32. The first kappa shape index (κ1) is 13.7. The molecule has 2 aromatic rings. The zero-order valence-electron chi connectivity index (χ0n) is 11.3. The van der Waals surface area contributed by atoms with Crippen LogP contribution >= 0.6 is 0 Å². The summed E-state index contributed by atoms with van der Waals surface area (Å²) in [6, 6.07) is 4.44. The van der Waals surface area contributed by atoms with Gasteiger partial charge in [-0.2, -0.15) is 5.10 Å². The molecule has 7 heteroatoms.